The second-order valence-corrected chi connectivity index (χ2v) is 9.33. The van der Waals surface area contributed by atoms with E-state index in [4.69, 9.17) is 4.74 Å². The molecule has 4 unspecified atom stereocenters. The van der Waals surface area contributed by atoms with Crippen molar-refractivity contribution in [2.24, 2.45) is 11.8 Å². The molecule has 2 N–H and O–H groups in total. The molecule has 0 saturated heterocycles. The normalized spacial score (nSPS) is 20.1. The zero-order chi connectivity index (χ0) is 20.8. The van der Waals surface area contributed by atoms with Gasteiger partial charge in [0.05, 0.1) is 19.3 Å². The van der Waals surface area contributed by atoms with Gasteiger partial charge in [-0.05, 0) is 72.2 Å². The number of carbonyl (C=O) groups is 1. The Kier molecular flexibility index (Phi) is 7.73. The first kappa shape index (κ1) is 21.8. The molecule has 1 heterocycles. The number of thiophene rings is 1. The van der Waals surface area contributed by atoms with E-state index in [-0.39, 0.29) is 18.6 Å². The molecule has 1 aromatic heterocycles. The molecule has 1 fully saturated rings. The van der Waals surface area contributed by atoms with Crippen molar-refractivity contribution in [3.05, 3.63) is 51.7 Å². The van der Waals surface area contributed by atoms with Gasteiger partial charge in [0, 0.05) is 11.3 Å². The Hall–Kier alpha value is -1.85. The van der Waals surface area contributed by atoms with Crippen LogP contribution in [0.3, 0.4) is 0 Å². The maximum atomic E-state index is 12.5. The molecular weight excluding hydrogens is 382 g/mol. The van der Waals surface area contributed by atoms with Crippen molar-refractivity contribution in [2.75, 3.05) is 13.2 Å². The van der Waals surface area contributed by atoms with Crippen LogP contribution < -0.4 is 10.1 Å². The SMILES string of the molecule is CCCC(C)COc1ccc(C(CO)NC(=O)CC2CC2c2cccs2)c(C)c1. The highest BCUT2D eigenvalue weighted by Crippen LogP contribution is 2.51. The minimum Gasteiger partial charge on any atom is -0.493 e. The van der Waals surface area contributed by atoms with Gasteiger partial charge in [-0.3, -0.25) is 4.79 Å². The van der Waals surface area contributed by atoms with E-state index in [9.17, 15) is 9.90 Å². The maximum Gasteiger partial charge on any atom is 0.220 e. The number of rotatable bonds is 11. The maximum absolute atomic E-state index is 12.5. The number of ether oxygens (including phenoxy) is 1. The lowest BCUT2D eigenvalue weighted by atomic mass is 10.0. The van der Waals surface area contributed by atoms with Gasteiger partial charge in [-0.25, -0.2) is 0 Å². The smallest absolute Gasteiger partial charge is 0.220 e. The fraction of sp³-hybridized carbons (Fsp3) is 0.542. The van der Waals surface area contributed by atoms with Crippen LogP contribution in [-0.4, -0.2) is 24.2 Å². The first-order valence-electron chi connectivity index (χ1n) is 10.7. The number of hydrogen-bond acceptors (Lipinski definition) is 4. The molecule has 1 saturated carbocycles. The van der Waals surface area contributed by atoms with Crippen molar-refractivity contribution in [3.63, 3.8) is 0 Å². The molecular formula is C24H33NO3S. The summed E-state index contributed by atoms with van der Waals surface area (Å²) < 4.78 is 5.91. The van der Waals surface area contributed by atoms with Gasteiger partial charge < -0.3 is 15.2 Å². The van der Waals surface area contributed by atoms with Crippen molar-refractivity contribution in [1.82, 2.24) is 5.32 Å². The Balaban J connectivity index is 1.53. The van der Waals surface area contributed by atoms with Crippen molar-refractivity contribution in [1.29, 1.82) is 0 Å². The van der Waals surface area contributed by atoms with Crippen LogP contribution >= 0.6 is 11.3 Å². The number of aryl methyl sites for hydroxylation is 1. The lowest BCUT2D eigenvalue weighted by molar-refractivity contribution is -0.122. The zero-order valence-electron chi connectivity index (χ0n) is 17.7. The summed E-state index contributed by atoms with van der Waals surface area (Å²) in [7, 11) is 0. The van der Waals surface area contributed by atoms with E-state index in [1.54, 1.807) is 11.3 Å². The van der Waals surface area contributed by atoms with E-state index in [0.29, 0.717) is 30.8 Å². The molecule has 3 rings (SSSR count). The third-order valence-corrected chi connectivity index (χ3v) is 6.73. The summed E-state index contributed by atoms with van der Waals surface area (Å²) in [6.45, 7) is 6.98. The van der Waals surface area contributed by atoms with Crippen molar-refractivity contribution in [3.8, 4) is 5.75 Å². The first-order valence-corrected chi connectivity index (χ1v) is 11.6. The molecule has 4 atom stereocenters. The number of aliphatic hydroxyl groups excluding tert-OH is 1. The van der Waals surface area contributed by atoms with Crippen LogP contribution in [0.4, 0.5) is 0 Å². The molecule has 29 heavy (non-hydrogen) atoms. The highest BCUT2D eigenvalue weighted by molar-refractivity contribution is 7.10. The van der Waals surface area contributed by atoms with Gasteiger partial charge in [-0.2, -0.15) is 0 Å². The molecule has 0 spiro atoms. The predicted molar refractivity (Wildman–Crippen MR) is 118 cm³/mol. The van der Waals surface area contributed by atoms with Crippen molar-refractivity contribution in [2.45, 2.75) is 58.4 Å². The van der Waals surface area contributed by atoms with Crippen LogP contribution in [0.2, 0.25) is 0 Å². The minimum absolute atomic E-state index is 0.0150. The molecule has 1 aliphatic carbocycles. The largest absolute Gasteiger partial charge is 0.493 e. The molecule has 0 aliphatic heterocycles. The van der Waals surface area contributed by atoms with Crippen LogP contribution in [0.25, 0.3) is 0 Å². The zero-order valence-corrected chi connectivity index (χ0v) is 18.5. The molecule has 2 aromatic rings. The molecule has 1 aliphatic rings. The van der Waals surface area contributed by atoms with Gasteiger partial charge >= 0.3 is 0 Å². The average molecular weight is 416 g/mol. The molecule has 4 nitrogen and oxygen atoms in total. The number of aliphatic hydroxyl groups is 1. The molecule has 5 heteroatoms. The Morgan fingerprint density at radius 3 is 2.86 bits per heavy atom. The van der Waals surface area contributed by atoms with E-state index in [0.717, 1.165) is 36.1 Å². The van der Waals surface area contributed by atoms with Gasteiger partial charge in [0.25, 0.3) is 0 Å². The van der Waals surface area contributed by atoms with Crippen molar-refractivity contribution >= 4 is 17.2 Å². The van der Waals surface area contributed by atoms with E-state index in [1.807, 2.05) is 25.1 Å². The summed E-state index contributed by atoms with van der Waals surface area (Å²) >= 11 is 1.77. The highest BCUT2D eigenvalue weighted by Gasteiger charge is 2.40. The molecule has 158 valence electrons. The number of benzene rings is 1. The lowest BCUT2D eigenvalue weighted by Gasteiger charge is -2.20. The topological polar surface area (TPSA) is 58.6 Å². The monoisotopic (exact) mass is 415 g/mol. The first-order chi connectivity index (χ1) is 14.0. The Morgan fingerprint density at radius 1 is 1.38 bits per heavy atom. The number of hydrogen-bond donors (Lipinski definition) is 2. The Labute approximate surface area is 178 Å². The van der Waals surface area contributed by atoms with Crippen LogP contribution in [0.15, 0.2) is 35.7 Å². The van der Waals surface area contributed by atoms with Crippen LogP contribution in [-0.2, 0) is 4.79 Å². The minimum atomic E-state index is -0.380. The number of amides is 1. The van der Waals surface area contributed by atoms with E-state index in [2.05, 4.69) is 36.7 Å². The van der Waals surface area contributed by atoms with Gasteiger partial charge in [-0.15, -0.1) is 11.3 Å². The van der Waals surface area contributed by atoms with Crippen LogP contribution in [0.1, 0.15) is 67.5 Å². The lowest BCUT2D eigenvalue weighted by Crippen LogP contribution is -2.31. The summed E-state index contributed by atoms with van der Waals surface area (Å²) in [5, 5.41) is 15.0. The fourth-order valence-electron chi connectivity index (χ4n) is 3.98. The second kappa shape index (κ2) is 10.3. The van der Waals surface area contributed by atoms with Gasteiger partial charge in [0.1, 0.15) is 5.75 Å². The Bertz CT molecular complexity index is 789. The predicted octanol–water partition coefficient (Wildman–Crippen LogP) is 5.21. The summed E-state index contributed by atoms with van der Waals surface area (Å²) in [5.41, 5.74) is 1.97. The van der Waals surface area contributed by atoms with Crippen LogP contribution in [0.5, 0.6) is 5.75 Å². The highest BCUT2D eigenvalue weighted by atomic mass is 32.1. The summed E-state index contributed by atoms with van der Waals surface area (Å²) in [6.07, 6.45) is 3.92. The van der Waals surface area contributed by atoms with E-state index < -0.39 is 0 Å². The third kappa shape index (κ3) is 6.06. The standard InChI is InChI=1S/C24H33NO3S/c1-4-6-16(2)15-28-19-8-9-20(17(3)11-19)22(14-26)25-24(27)13-18-12-21(18)23-7-5-10-29-23/h5,7-11,16,18,21-22,26H,4,6,12-15H2,1-3H3,(H,25,27). The molecule has 0 bridgehead atoms. The number of carbonyl (C=O) groups excluding carboxylic acids is 1. The average Bonchev–Trinajstić information content (AvgIpc) is 3.23. The number of nitrogens with one attached hydrogen (secondary N) is 1. The molecule has 1 amide bonds. The van der Waals surface area contributed by atoms with Gasteiger partial charge in [-0.1, -0.05) is 32.4 Å². The van der Waals surface area contributed by atoms with Crippen LogP contribution in [0, 0.1) is 18.8 Å². The summed E-state index contributed by atoms with van der Waals surface area (Å²) in [6, 6.07) is 9.73. The summed E-state index contributed by atoms with van der Waals surface area (Å²) in [5.74, 6) is 2.34. The Morgan fingerprint density at radius 2 is 2.21 bits per heavy atom. The molecule has 0 radical (unpaired) electrons. The van der Waals surface area contributed by atoms with Gasteiger partial charge in [0.2, 0.25) is 5.91 Å². The fourth-order valence-corrected chi connectivity index (χ4v) is 4.92. The quantitative estimate of drug-likeness (QED) is 0.529. The molecule has 1 aromatic carbocycles. The summed E-state index contributed by atoms with van der Waals surface area (Å²) in [4.78, 5) is 13.9. The van der Waals surface area contributed by atoms with E-state index in [1.165, 1.54) is 4.88 Å². The van der Waals surface area contributed by atoms with Crippen molar-refractivity contribution < 1.29 is 14.6 Å². The van der Waals surface area contributed by atoms with E-state index >= 15 is 0 Å². The third-order valence-electron chi connectivity index (χ3n) is 5.73. The second-order valence-electron chi connectivity index (χ2n) is 8.35. The van der Waals surface area contributed by atoms with Gasteiger partial charge in [0.15, 0.2) is 0 Å².